The monoisotopic (exact) mass is 820 g/mol. The summed E-state index contributed by atoms with van der Waals surface area (Å²) < 4.78 is 27.6. The van der Waals surface area contributed by atoms with Crippen molar-refractivity contribution in [1.29, 1.82) is 0 Å². The lowest BCUT2D eigenvalue weighted by molar-refractivity contribution is -0.166. The summed E-state index contributed by atoms with van der Waals surface area (Å²) in [6, 6.07) is 1.36. The van der Waals surface area contributed by atoms with E-state index in [9.17, 15) is 19.2 Å². The second-order valence-corrected chi connectivity index (χ2v) is 17.2. The molecular weight excluding hydrogens is 735 g/mol. The van der Waals surface area contributed by atoms with E-state index in [0.717, 1.165) is 109 Å². The molecule has 0 radical (unpaired) electrons. The zero-order valence-electron chi connectivity index (χ0n) is 38.0. The molecule has 3 unspecified atom stereocenters. The van der Waals surface area contributed by atoms with E-state index in [1.165, 1.54) is 73.5 Å². The first kappa shape index (κ1) is 51.6. The third kappa shape index (κ3) is 19.3. The minimum Gasteiger partial charge on any atom is -0.463 e. The first-order valence-electron chi connectivity index (χ1n) is 23.6. The number of rotatable bonds is 35. The predicted octanol–water partition coefficient (Wildman–Crippen LogP) is 10.0. The Morgan fingerprint density at radius 3 is 1.62 bits per heavy atom. The Bertz CT molecular complexity index is 1350. The molecule has 2 rings (SSSR count). The molecular formula is C47H85N3O8. The van der Waals surface area contributed by atoms with Crippen LogP contribution in [0, 0.1) is 11.8 Å². The van der Waals surface area contributed by atoms with Crippen LogP contribution in [0.15, 0.2) is 21.9 Å². The smallest absolute Gasteiger partial charge is 0.333 e. The third-order valence-corrected chi connectivity index (χ3v) is 11.8. The van der Waals surface area contributed by atoms with E-state index in [0.29, 0.717) is 13.0 Å². The van der Waals surface area contributed by atoms with Crippen molar-refractivity contribution in [2.45, 2.75) is 219 Å². The van der Waals surface area contributed by atoms with Crippen LogP contribution in [0.5, 0.6) is 0 Å². The van der Waals surface area contributed by atoms with Gasteiger partial charge in [0.2, 0.25) is 0 Å². The van der Waals surface area contributed by atoms with Crippen LogP contribution in [0.4, 0.5) is 0 Å². The lowest BCUT2D eigenvalue weighted by Gasteiger charge is -2.26. The Hall–Kier alpha value is -2.50. The zero-order valence-corrected chi connectivity index (χ0v) is 38.0. The number of esters is 2. The molecule has 11 nitrogen and oxygen atoms in total. The Morgan fingerprint density at radius 1 is 0.672 bits per heavy atom. The van der Waals surface area contributed by atoms with Gasteiger partial charge >= 0.3 is 17.6 Å². The maximum atomic E-state index is 14.2. The molecule has 1 aromatic rings. The molecule has 0 amide bonds. The summed E-state index contributed by atoms with van der Waals surface area (Å²) in [6.45, 7) is 9.62. The number of hydrogen-bond acceptors (Lipinski definition) is 9. The first-order valence-corrected chi connectivity index (χ1v) is 23.6. The number of aromatic nitrogens is 2. The van der Waals surface area contributed by atoms with Gasteiger partial charge in [0, 0.05) is 25.9 Å². The lowest BCUT2D eigenvalue weighted by atomic mass is 9.94. The normalized spacial score (nSPS) is 19.1. The standard InChI is InChI=1S/C47H85N3O8/c1-8-12-16-20-22-26-30-38(29-24-18-14-10-3)45(52)56-37-40-42(58-46(53)39(31-25-19-15-11-4)32-27-23-21-17-13-9-2)43(55-7)44(57-40)50-36-33-41(51)49(47(50)54)35-28-34-48(5)6/h33,36,38-40,42-44H,8-32,34-35,37H2,1-7H3/t38?,39?,40?,42-,43-,44-/m1/s1. The maximum absolute atomic E-state index is 14.2. The van der Waals surface area contributed by atoms with Gasteiger partial charge in [-0.3, -0.25) is 23.5 Å². The highest BCUT2D eigenvalue weighted by atomic mass is 16.6. The highest BCUT2D eigenvalue weighted by Gasteiger charge is 2.50. The largest absolute Gasteiger partial charge is 0.463 e. The number of carbonyl (C=O) groups is 2. The van der Waals surface area contributed by atoms with Crippen LogP contribution in [-0.4, -0.2) is 78.6 Å². The maximum Gasteiger partial charge on any atom is 0.333 e. The number of ether oxygens (including phenoxy) is 4. The fraction of sp³-hybridized carbons (Fsp3) is 0.872. The van der Waals surface area contributed by atoms with E-state index in [1.807, 2.05) is 19.0 Å². The van der Waals surface area contributed by atoms with Gasteiger partial charge < -0.3 is 23.8 Å². The predicted molar refractivity (Wildman–Crippen MR) is 234 cm³/mol. The molecule has 1 aliphatic rings. The van der Waals surface area contributed by atoms with Crippen LogP contribution in [0.1, 0.15) is 194 Å². The molecule has 11 heteroatoms. The summed E-state index contributed by atoms with van der Waals surface area (Å²) in [7, 11) is 5.41. The third-order valence-electron chi connectivity index (χ3n) is 11.8. The van der Waals surface area contributed by atoms with Crippen molar-refractivity contribution < 1.29 is 28.5 Å². The molecule has 0 bridgehead atoms. The van der Waals surface area contributed by atoms with E-state index < -0.39 is 35.8 Å². The summed E-state index contributed by atoms with van der Waals surface area (Å²) in [5.74, 6) is -1.03. The lowest BCUT2D eigenvalue weighted by Crippen LogP contribution is -2.45. The molecule has 336 valence electrons. The van der Waals surface area contributed by atoms with E-state index in [-0.39, 0.29) is 36.9 Å². The van der Waals surface area contributed by atoms with Gasteiger partial charge in [0.05, 0.1) is 11.8 Å². The molecule has 1 fully saturated rings. The SMILES string of the molecule is CCCCCCCCC(CCCCCC)C(=O)OCC1O[C@@H](n2ccc(=O)n(CCCN(C)C)c2=O)[C@H](OC)[C@@H]1OC(=O)C(CCCCCC)CCCCCCCC. The van der Waals surface area contributed by atoms with Crippen molar-refractivity contribution in [2.24, 2.45) is 11.8 Å². The van der Waals surface area contributed by atoms with Gasteiger partial charge in [-0.15, -0.1) is 0 Å². The minimum atomic E-state index is -1.01. The average molecular weight is 820 g/mol. The van der Waals surface area contributed by atoms with E-state index in [4.69, 9.17) is 18.9 Å². The van der Waals surface area contributed by atoms with Crippen LogP contribution in [-0.2, 0) is 35.1 Å². The topological polar surface area (TPSA) is 118 Å². The van der Waals surface area contributed by atoms with Gasteiger partial charge in [-0.1, -0.05) is 156 Å². The second-order valence-electron chi connectivity index (χ2n) is 17.2. The molecule has 1 saturated heterocycles. The highest BCUT2D eigenvalue weighted by molar-refractivity contribution is 5.73. The summed E-state index contributed by atoms with van der Waals surface area (Å²) in [6.07, 6.45) is 23.8. The zero-order chi connectivity index (χ0) is 42.5. The van der Waals surface area contributed by atoms with Crippen molar-refractivity contribution in [3.63, 3.8) is 0 Å². The molecule has 1 aliphatic heterocycles. The van der Waals surface area contributed by atoms with Gasteiger partial charge in [-0.25, -0.2) is 4.79 Å². The van der Waals surface area contributed by atoms with Crippen LogP contribution >= 0.6 is 0 Å². The van der Waals surface area contributed by atoms with Crippen LogP contribution < -0.4 is 11.2 Å². The molecule has 0 N–H and O–H groups in total. The van der Waals surface area contributed by atoms with Crippen molar-refractivity contribution in [1.82, 2.24) is 14.0 Å². The van der Waals surface area contributed by atoms with Gasteiger partial charge in [-0.05, 0) is 52.7 Å². The Balaban J connectivity index is 2.38. The van der Waals surface area contributed by atoms with E-state index in [2.05, 4.69) is 27.7 Å². The van der Waals surface area contributed by atoms with Crippen molar-refractivity contribution in [3.8, 4) is 0 Å². The van der Waals surface area contributed by atoms with Crippen molar-refractivity contribution in [3.05, 3.63) is 33.1 Å². The summed E-state index contributed by atoms with van der Waals surface area (Å²) in [4.78, 5) is 56.8. The number of carbonyl (C=O) groups excluding carboxylic acids is 2. The molecule has 0 saturated carbocycles. The Labute approximate surface area is 352 Å². The summed E-state index contributed by atoms with van der Waals surface area (Å²) in [5, 5.41) is 0. The van der Waals surface area contributed by atoms with Crippen LogP contribution in [0.2, 0.25) is 0 Å². The number of nitrogens with zero attached hydrogens (tertiary/aromatic N) is 3. The highest BCUT2D eigenvalue weighted by Crippen LogP contribution is 2.35. The van der Waals surface area contributed by atoms with Gasteiger partial charge in [0.25, 0.3) is 5.56 Å². The summed E-state index contributed by atoms with van der Waals surface area (Å²) in [5.41, 5.74) is -0.916. The molecule has 2 heterocycles. The number of unbranched alkanes of at least 4 members (excludes halogenated alkanes) is 16. The first-order chi connectivity index (χ1) is 28.1. The summed E-state index contributed by atoms with van der Waals surface area (Å²) >= 11 is 0. The van der Waals surface area contributed by atoms with Crippen LogP contribution in [0.3, 0.4) is 0 Å². The Kier molecular flexibility index (Phi) is 27.9. The van der Waals surface area contributed by atoms with Crippen molar-refractivity contribution >= 4 is 11.9 Å². The van der Waals surface area contributed by atoms with Crippen molar-refractivity contribution in [2.75, 3.05) is 34.4 Å². The number of hydrogen-bond donors (Lipinski definition) is 0. The molecule has 0 aromatic carbocycles. The fourth-order valence-corrected chi connectivity index (χ4v) is 8.18. The minimum absolute atomic E-state index is 0.134. The van der Waals surface area contributed by atoms with E-state index >= 15 is 0 Å². The molecule has 6 atom stereocenters. The molecule has 0 spiro atoms. The number of methoxy groups -OCH3 is 1. The quantitative estimate of drug-likeness (QED) is 0.0487. The van der Waals surface area contributed by atoms with Gasteiger partial charge in [0.15, 0.2) is 12.3 Å². The fourth-order valence-electron chi connectivity index (χ4n) is 8.18. The molecule has 1 aromatic heterocycles. The Morgan fingerprint density at radius 2 is 1.14 bits per heavy atom. The van der Waals surface area contributed by atoms with Gasteiger partial charge in [-0.2, -0.15) is 0 Å². The average Bonchev–Trinajstić information content (AvgIpc) is 3.55. The molecule has 0 aliphatic carbocycles. The van der Waals surface area contributed by atoms with Gasteiger partial charge in [0.1, 0.15) is 18.8 Å². The second kappa shape index (κ2) is 31.4. The van der Waals surface area contributed by atoms with Crippen LogP contribution in [0.25, 0.3) is 0 Å². The van der Waals surface area contributed by atoms with E-state index in [1.54, 1.807) is 0 Å². The molecule has 58 heavy (non-hydrogen) atoms.